The number of hydrogen-bond donors (Lipinski definition) is 1. The van der Waals surface area contributed by atoms with Crippen LogP contribution in [-0.4, -0.2) is 54.3 Å². The van der Waals surface area contributed by atoms with Crippen LogP contribution in [-0.2, 0) is 9.59 Å². The van der Waals surface area contributed by atoms with E-state index in [4.69, 9.17) is 5.73 Å². The Bertz CT molecular complexity index is 416. The molecule has 1 saturated heterocycles. The highest BCUT2D eigenvalue weighted by Gasteiger charge is 2.49. The molecular weight excluding hydrogens is 290 g/mol. The van der Waals surface area contributed by atoms with Crippen molar-refractivity contribution in [2.45, 2.75) is 38.1 Å². The van der Waals surface area contributed by atoms with Crippen molar-refractivity contribution in [1.82, 2.24) is 9.80 Å². The summed E-state index contributed by atoms with van der Waals surface area (Å²) < 4.78 is 0. The van der Waals surface area contributed by atoms with Crippen LogP contribution in [0.3, 0.4) is 0 Å². The highest BCUT2D eigenvalue weighted by molar-refractivity contribution is 5.85. The molecule has 120 valence electrons. The molecule has 2 N–H and O–H groups in total. The maximum absolute atomic E-state index is 12.6. The summed E-state index contributed by atoms with van der Waals surface area (Å²) in [5, 5.41) is 0. The van der Waals surface area contributed by atoms with E-state index < -0.39 is 0 Å². The molecular formula is C15H26ClN3O2. The third-order valence-corrected chi connectivity index (χ3v) is 5.52. The molecule has 1 heterocycles. The fourth-order valence-corrected chi connectivity index (χ4v) is 4.28. The molecule has 0 radical (unpaired) electrons. The van der Waals surface area contributed by atoms with Crippen LogP contribution >= 0.6 is 12.4 Å². The van der Waals surface area contributed by atoms with Gasteiger partial charge in [-0.15, -0.1) is 12.4 Å². The molecule has 0 aromatic carbocycles. The van der Waals surface area contributed by atoms with Gasteiger partial charge in [-0.3, -0.25) is 9.59 Å². The molecule has 4 unspecified atom stereocenters. The SMILES string of the molecule is CN(CCN1CCCC1=O)C(=O)C1C2CCC(C2)C1N.Cl. The number of carbonyl (C=O) groups is 2. The van der Waals surface area contributed by atoms with Gasteiger partial charge in [0.15, 0.2) is 0 Å². The minimum absolute atomic E-state index is 0. The van der Waals surface area contributed by atoms with Crippen molar-refractivity contribution < 1.29 is 9.59 Å². The first-order chi connectivity index (χ1) is 9.58. The topological polar surface area (TPSA) is 66.6 Å². The molecule has 2 amide bonds. The Kier molecular flexibility index (Phi) is 5.15. The summed E-state index contributed by atoms with van der Waals surface area (Å²) in [5.74, 6) is 1.49. The van der Waals surface area contributed by atoms with E-state index in [1.54, 1.807) is 4.90 Å². The van der Waals surface area contributed by atoms with Gasteiger partial charge in [0.1, 0.15) is 0 Å². The zero-order chi connectivity index (χ0) is 14.3. The first kappa shape index (κ1) is 16.6. The van der Waals surface area contributed by atoms with Gasteiger partial charge >= 0.3 is 0 Å². The number of rotatable bonds is 4. The average Bonchev–Trinajstić information content (AvgIpc) is 3.11. The summed E-state index contributed by atoms with van der Waals surface area (Å²) in [4.78, 5) is 27.8. The second-order valence-electron chi connectivity index (χ2n) is 6.68. The molecule has 0 aromatic rings. The first-order valence-corrected chi connectivity index (χ1v) is 7.86. The van der Waals surface area contributed by atoms with Gasteiger partial charge in [0.05, 0.1) is 5.92 Å². The third kappa shape index (κ3) is 3.04. The van der Waals surface area contributed by atoms with Crippen molar-refractivity contribution in [2.75, 3.05) is 26.7 Å². The molecule has 0 aromatic heterocycles. The van der Waals surface area contributed by atoms with Crippen molar-refractivity contribution in [1.29, 1.82) is 0 Å². The van der Waals surface area contributed by atoms with Crippen LogP contribution in [0, 0.1) is 17.8 Å². The van der Waals surface area contributed by atoms with E-state index in [9.17, 15) is 9.59 Å². The Balaban J connectivity index is 0.00000161. The number of amides is 2. The van der Waals surface area contributed by atoms with E-state index in [1.165, 1.54) is 6.42 Å². The number of halogens is 1. The Morgan fingerprint density at radius 2 is 2.10 bits per heavy atom. The number of carbonyl (C=O) groups excluding carboxylic acids is 2. The molecule has 6 heteroatoms. The van der Waals surface area contributed by atoms with Gasteiger partial charge in [0, 0.05) is 39.1 Å². The lowest BCUT2D eigenvalue weighted by molar-refractivity contribution is -0.137. The standard InChI is InChI=1S/C15H25N3O2.ClH/c1-17(7-8-18-6-2-3-12(18)19)15(20)13-10-4-5-11(9-10)14(13)16;/h10-11,13-14H,2-9,16H2,1H3;1H. The van der Waals surface area contributed by atoms with E-state index in [-0.39, 0.29) is 36.2 Å². The second-order valence-corrected chi connectivity index (χ2v) is 6.68. The van der Waals surface area contributed by atoms with E-state index in [1.807, 2.05) is 11.9 Å². The van der Waals surface area contributed by atoms with Crippen molar-refractivity contribution in [3.63, 3.8) is 0 Å². The lowest BCUT2D eigenvalue weighted by atomic mass is 9.84. The zero-order valence-electron chi connectivity index (χ0n) is 12.7. The van der Waals surface area contributed by atoms with Crippen LogP contribution in [0.1, 0.15) is 32.1 Å². The molecule has 1 aliphatic heterocycles. The Labute approximate surface area is 132 Å². The highest BCUT2D eigenvalue weighted by atomic mass is 35.5. The van der Waals surface area contributed by atoms with Crippen LogP contribution in [0.15, 0.2) is 0 Å². The number of nitrogens with two attached hydrogens (primary N) is 1. The summed E-state index contributed by atoms with van der Waals surface area (Å²) in [6.07, 6.45) is 5.10. The summed E-state index contributed by atoms with van der Waals surface area (Å²) in [6.45, 7) is 2.14. The quantitative estimate of drug-likeness (QED) is 0.837. The zero-order valence-corrected chi connectivity index (χ0v) is 13.5. The monoisotopic (exact) mass is 315 g/mol. The Hall–Kier alpha value is -0.810. The minimum atomic E-state index is 0. The summed E-state index contributed by atoms with van der Waals surface area (Å²) in [6, 6.07) is 0.0529. The fourth-order valence-electron chi connectivity index (χ4n) is 4.28. The lowest BCUT2D eigenvalue weighted by Gasteiger charge is -2.31. The van der Waals surface area contributed by atoms with E-state index in [0.29, 0.717) is 31.3 Å². The van der Waals surface area contributed by atoms with Crippen molar-refractivity contribution in [3.05, 3.63) is 0 Å². The third-order valence-electron chi connectivity index (χ3n) is 5.52. The van der Waals surface area contributed by atoms with Crippen molar-refractivity contribution in [2.24, 2.45) is 23.5 Å². The number of likely N-dealkylation sites (tertiary alicyclic amines) is 1. The van der Waals surface area contributed by atoms with Crippen LogP contribution in [0.25, 0.3) is 0 Å². The molecule has 5 nitrogen and oxygen atoms in total. The maximum atomic E-state index is 12.6. The van der Waals surface area contributed by atoms with Gasteiger partial charge in [0.25, 0.3) is 0 Å². The number of likely N-dealkylation sites (N-methyl/N-ethyl adjacent to an activating group) is 1. The predicted octanol–water partition coefficient (Wildman–Crippen LogP) is 0.862. The highest BCUT2D eigenvalue weighted by Crippen LogP contribution is 2.48. The van der Waals surface area contributed by atoms with E-state index in [0.717, 1.165) is 25.8 Å². The molecule has 4 atom stereocenters. The molecule has 0 spiro atoms. The van der Waals surface area contributed by atoms with Crippen molar-refractivity contribution >= 4 is 24.2 Å². The minimum Gasteiger partial charge on any atom is -0.344 e. The van der Waals surface area contributed by atoms with E-state index >= 15 is 0 Å². The van der Waals surface area contributed by atoms with Gasteiger partial charge < -0.3 is 15.5 Å². The molecule has 3 aliphatic rings. The largest absolute Gasteiger partial charge is 0.344 e. The molecule has 21 heavy (non-hydrogen) atoms. The normalized spacial score (nSPS) is 34.2. The predicted molar refractivity (Wildman–Crippen MR) is 83.0 cm³/mol. The molecule has 2 aliphatic carbocycles. The number of hydrogen-bond acceptors (Lipinski definition) is 3. The smallest absolute Gasteiger partial charge is 0.227 e. The van der Waals surface area contributed by atoms with Crippen molar-refractivity contribution in [3.8, 4) is 0 Å². The second kappa shape index (κ2) is 6.53. The summed E-state index contributed by atoms with van der Waals surface area (Å²) in [5.41, 5.74) is 6.23. The van der Waals surface area contributed by atoms with Gasteiger partial charge in [-0.05, 0) is 37.5 Å². The van der Waals surface area contributed by atoms with Gasteiger partial charge in [-0.1, -0.05) is 0 Å². The van der Waals surface area contributed by atoms with Crippen LogP contribution < -0.4 is 5.73 Å². The van der Waals surface area contributed by atoms with Crippen LogP contribution in [0.4, 0.5) is 0 Å². The number of nitrogens with zero attached hydrogens (tertiary/aromatic N) is 2. The van der Waals surface area contributed by atoms with E-state index in [2.05, 4.69) is 0 Å². The van der Waals surface area contributed by atoms with Gasteiger partial charge in [-0.2, -0.15) is 0 Å². The van der Waals surface area contributed by atoms with Crippen LogP contribution in [0.2, 0.25) is 0 Å². The number of fused-ring (bicyclic) bond motifs is 2. The molecule has 2 saturated carbocycles. The Morgan fingerprint density at radius 1 is 1.38 bits per heavy atom. The summed E-state index contributed by atoms with van der Waals surface area (Å²) in [7, 11) is 1.85. The fraction of sp³-hybridized carbons (Fsp3) is 0.867. The van der Waals surface area contributed by atoms with Gasteiger partial charge in [0.2, 0.25) is 11.8 Å². The van der Waals surface area contributed by atoms with Crippen LogP contribution in [0.5, 0.6) is 0 Å². The lowest BCUT2D eigenvalue weighted by Crippen LogP contribution is -2.47. The maximum Gasteiger partial charge on any atom is 0.227 e. The molecule has 3 fully saturated rings. The average molecular weight is 316 g/mol. The summed E-state index contributed by atoms with van der Waals surface area (Å²) >= 11 is 0. The van der Waals surface area contributed by atoms with Gasteiger partial charge in [-0.25, -0.2) is 0 Å². The first-order valence-electron chi connectivity index (χ1n) is 7.86. The molecule has 2 bridgehead atoms. The molecule has 3 rings (SSSR count). The Morgan fingerprint density at radius 3 is 2.67 bits per heavy atom.